The van der Waals surface area contributed by atoms with Crippen LogP contribution in [0.5, 0.6) is 0 Å². The number of aryl methyl sites for hydroxylation is 1. The van der Waals surface area contributed by atoms with Gasteiger partial charge in [-0.15, -0.1) is 0 Å². The van der Waals surface area contributed by atoms with Crippen LogP contribution in [0.2, 0.25) is 0 Å². The van der Waals surface area contributed by atoms with Crippen molar-refractivity contribution >= 4 is 11.9 Å². The Kier molecular flexibility index (Phi) is 5.38. The van der Waals surface area contributed by atoms with Crippen LogP contribution in [0.25, 0.3) is 0 Å². The summed E-state index contributed by atoms with van der Waals surface area (Å²) < 4.78 is 0. The number of hydrogen-bond donors (Lipinski definition) is 2. The number of carbonyl (C=O) groups is 2. The average molecular weight is 329 g/mol. The van der Waals surface area contributed by atoms with Gasteiger partial charge < -0.3 is 15.5 Å². The lowest BCUT2D eigenvalue weighted by molar-refractivity contribution is -0.129. The van der Waals surface area contributed by atoms with Gasteiger partial charge in [-0.3, -0.25) is 4.79 Å². The molecule has 5 nitrogen and oxygen atoms in total. The van der Waals surface area contributed by atoms with E-state index in [1.165, 1.54) is 17.5 Å². The van der Waals surface area contributed by atoms with E-state index in [0.29, 0.717) is 0 Å². The van der Waals surface area contributed by atoms with Gasteiger partial charge in [-0.25, -0.2) is 4.79 Å². The third kappa shape index (κ3) is 4.08. The Hall–Kier alpha value is -2.04. The zero-order valence-corrected chi connectivity index (χ0v) is 14.4. The number of benzene rings is 1. The Balaban J connectivity index is 1.55. The third-order valence-electron chi connectivity index (χ3n) is 5.20. The summed E-state index contributed by atoms with van der Waals surface area (Å²) in [5, 5.41) is 6.25. The minimum Gasteiger partial charge on any atom is -0.343 e. The summed E-state index contributed by atoms with van der Waals surface area (Å²) in [7, 11) is 0. The number of amides is 3. The Labute approximate surface area is 143 Å². The molecule has 1 heterocycles. The van der Waals surface area contributed by atoms with Gasteiger partial charge >= 0.3 is 6.03 Å². The molecular weight excluding hydrogens is 302 g/mol. The van der Waals surface area contributed by atoms with E-state index >= 15 is 0 Å². The van der Waals surface area contributed by atoms with E-state index < -0.39 is 0 Å². The molecule has 0 aromatic heterocycles. The van der Waals surface area contributed by atoms with Crippen molar-refractivity contribution in [3.63, 3.8) is 0 Å². The maximum absolute atomic E-state index is 12.4. The van der Waals surface area contributed by atoms with Gasteiger partial charge in [0.1, 0.15) is 0 Å². The van der Waals surface area contributed by atoms with E-state index in [1.54, 1.807) is 6.92 Å². The second kappa shape index (κ2) is 7.69. The van der Waals surface area contributed by atoms with Crippen molar-refractivity contribution in [2.24, 2.45) is 0 Å². The first kappa shape index (κ1) is 16.8. The summed E-state index contributed by atoms with van der Waals surface area (Å²) >= 11 is 0. The highest BCUT2D eigenvalue weighted by atomic mass is 16.2. The number of nitrogens with zero attached hydrogens (tertiary/aromatic N) is 1. The van der Waals surface area contributed by atoms with Crippen molar-refractivity contribution in [1.82, 2.24) is 15.5 Å². The van der Waals surface area contributed by atoms with Gasteiger partial charge in [0.15, 0.2) is 0 Å². The molecule has 1 saturated heterocycles. The minimum absolute atomic E-state index is 0.0852. The number of piperidine rings is 1. The first-order valence-corrected chi connectivity index (χ1v) is 9.04. The highest BCUT2D eigenvalue weighted by Gasteiger charge is 2.24. The molecule has 2 N–H and O–H groups in total. The van der Waals surface area contributed by atoms with Crippen LogP contribution >= 0.6 is 0 Å². The fourth-order valence-electron chi connectivity index (χ4n) is 3.80. The molecule has 3 rings (SSSR count). The van der Waals surface area contributed by atoms with E-state index in [9.17, 15) is 9.59 Å². The average Bonchev–Trinajstić information content (AvgIpc) is 2.78. The van der Waals surface area contributed by atoms with E-state index in [1.807, 2.05) is 11.0 Å². The largest absolute Gasteiger partial charge is 0.343 e. The molecule has 2 aliphatic rings. The van der Waals surface area contributed by atoms with Gasteiger partial charge in [0.25, 0.3) is 0 Å². The molecule has 1 aromatic rings. The lowest BCUT2D eigenvalue weighted by Gasteiger charge is -2.32. The maximum atomic E-state index is 12.4. The molecule has 1 fully saturated rings. The number of hydrogen-bond acceptors (Lipinski definition) is 2. The quantitative estimate of drug-likeness (QED) is 0.820. The monoisotopic (exact) mass is 329 g/mol. The number of rotatable bonds is 2. The molecule has 24 heavy (non-hydrogen) atoms. The highest BCUT2D eigenvalue weighted by molar-refractivity contribution is 5.75. The summed E-state index contributed by atoms with van der Waals surface area (Å²) in [6, 6.07) is 8.60. The second-order valence-electron chi connectivity index (χ2n) is 6.90. The van der Waals surface area contributed by atoms with Crippen LogP contribution in [0.4, 0.5) is 4.79 Å². The number of likely N-dealkylation sites (tertiary alicyclic amines) is 1. The van der Waals surface area contributed by atoms with Crippen molar-refractivity contribution < 1.29 is 9.59 Å². The highest BCUT2D eigenvalue weighted by Crippen LogP contribution is 2.28. The first-order valence-electron chi connectivity index (χ1n) is 9.04. The van der Waals surface area contributed by atoms with Gasteiger partial charge in [-0.2, -0.15) is 0 Å². The topological polar surface area (TPSA) is 61.4 Å². The van der Waals surface area contributed by atoms with Crippen LogP contribution in [0, 0.1) is 0 Å². The van der Waals surface area contributed by atoms with Crippen molar-refractivity contribution in [2.75, 3.05) is 13.1 Å². The molecule has 1 aliphatic heterocycles. The molecule has 5 heteroatoms. The molecule has 1 atom stereocenters. The smallest absolute Gasteiger partial charge is 0.315 e. The number of fused-ring (bicyclic) bond motifs is 1. The van der Waals surface area contributed by atoms with Crippen molar-refractivity contribution in [3.8, 4) is 0 Å². The summed E-state index contributed by atoms with van der Waals surface area (Å²) in [5.41, 5.74) is 2.62. The summed E-state index contributed by atoms with van der Waals surface area (Å²) in [6.07, 6.45) is 6.06. The van der Waals surface area contributed by atoms with Gasteiger partial charge in [-0.1, -0.05) is 30.7 Å². The molecule has 0 saturated carbocycles. The number of nitrogens with one attached hydrogen (secondary N) is 2. The molecule has 0 radical (unpaired) electrons. The SMILES string of the molecule is CC(=O)N1CCC(NC(=O)N[C@H]2CCCCc3ccccc32)CC1. The molecule has 3 amide bonds. The molecule has 1 aromatic carbocycles. The molecule has 0 bridgehead atoms. The van der Waals surface area contributed by atoms with Crippen molar-refractivity contribution in [3.05, 3.63) is 35.4 Å². The Bertz CT molecular complexity index is 594. The zero-order chi connectivity index (χ0) is 16.9. The minimum atomic E-state index is -0.0852. The van der Waals surface area contributed by atoms with E-state index in [4.69, 9.17) is 0 Å². The third-order valence-corrected chi connectivity index (χ3v) is 5.20. The lowest BCUT2D eigenvalue weighted by atomic mass is 9.99. The van der Waals surface area contributed by atoms with Crippen LogP contribution < -0.4 is 10.6 Å². The normalized spacial score (nSPS) is 21.5. The predicted molar refractivity (Wildman–Crippen MR) is 93.7 cm³/mol. The Morgan fingerprint density at radius 2 is 1.79 bits per heavy atom. The van der Waals surface area contributed by atoms with Crippen molar-refractivity contribution in [2.45, 2.75) is 57.5 Å². The Morgan fingerprint density at radius 3 is 2.54 bits per heavy atom. The van der Waals surface area contributed by atoms with Crippen LogP contribution in [0.3, 0.4) is 0 Å². The fourth-order valence-corrected chi connectivity index (χ4v) is 3.80. The number of carbonyl (C=O) groups excluding carboxylic acids is 2. The number of urea groups is 1. The van der Waals surface area contributed by atoms with Gasteiger partial charge in [0, 0.05) is 26.1 Å². The fraction of sp³-hybridized carbons (Fsp3) is 0.579. The van der Waals surface area contributed by atoms with E-state index in [2.05, 4.69) is 28.8 Å². The summed E-state index contributed by atoms with van der Waals surface area (Å²) in [6.45, 7) is 3.06. The predicted octanol–water partition coefficient (Wildman–Crippen LogP) is 2.76. The van der Waals surface area contributed by atoms with Crippen LogP contribution in [-0.2, 0) is 11.2 Å². The van der Waals surface area contributed by atoms with Crippen LogP contribution in [0.15, 0.2) is 24.3 Å². The molecule has 1 aliphatic carbocycles. The van der Waals surface area contributed by atoms with Crippen LogP contribution in [0.1, 0.15) is 56.2 Å². The van der Waals surface area contributed by atoms with E-state index in [0.717, 1.165) is 45.2 Å². The van der Waals surface area contributed by atoms with Gasteiger partial charge in [0.05, 0.1) is 6.04 Å². The Morgan fingerprint density at radius 1 is 1.04 bits per heavy atom. The zero-order valence-electron chi connectivity index (χ0n) is 14.4. The van der Waals surface area contributed by atoms with E-state index in [-0.39, 0.29) is 24.0 Å². The molecule has 0 spiro atoms. The van der Waals surface area contributed by atoms with Crippen LogP contribution in [-0.4, -0.2) is 36.0 Å². The molecule has 130 valence electrons. The lowest BCUT2D eigenvalue weighted by Crippen LogP contribution is -2.49. The van der Waals surface area contributed by atoms with Crippen molar-refractivity contribution in [1.29, 1.82) is 0 Å². The second-order valence-corrected chi connectivity index (χ2v) is 6.90. The summed E-state index contributed by atoms with van der Waals surface area (Å²) in [5.74, 6) is 0.118. The summed E-state index contributed by atoms with van der Waals surface area (Å²) in [4.78, 5) is 25.6. The molecule has 0 unspecified atom stereocenters. The first-order chi connectivity index (χ1) is 11.6. The molecular formula is C19H27N3O2. The van der Waals surface area contributed by atoms with Gasteiger partial charge in [0.2, 0.25) is 5.91 Å². The standard InChI is InChI=1S/C19H27N3O2/c1-14(23)22-12-10-16(11-13-22)20-19(24)21-18-9-5-3-7-15-6-2-4-8-17(15)18/h2,4,6,8,16,18H,3,5,7,9-13H2,1H3,(H2,20,21,24)/t18-/m0/s1. The maximum Gasteiger partial charge on any atom is 0.315 e. The van der Waals surface area contributed by atoms with Gasteiger partial charge in [-0.05, 0) is 43.2 Å².